The van der Waals surface area contributed by atoms with Crippen LogP contribution >= 0.6 is 11.3 Å². The number of hydrogen-bond donors (Lipinski definition) is 1. The van der Waals surface area contributed by atoms with Gasteiger partial charge in [0.25, 0.3) is 5.78 Å². The molecule has 1 aromatic carbocycles. The Bertz CT molecular complexity index is 677. The lowest BCUT2D eigenvalue weighted by Gasteiger charge is -2.02. The van der Waals surface area contributed by atoms with Gasteiger partial charge in [-0.25, -0.2) is 4.79 Å². The molecular weight excluding hydrogens is 307 g/mol. The molecule has 0 aliphatic carbocycles. The third-order valence-electron chi connectivity index (χ3n) is 2.44. The molecule has 1 heterocycles. The molecule has 21 heavy (non-hydrogen) atoms. The van der Waals surface area contributed by atoms with Crippen LogP contribution in [0, 0.1) is 0 Å². The number of halogens is 3. The second-order valence-electron chi connectivity index (χ2n) is 3.94. The Labute approximate surface area is 120 Å². The van der Waals surface area contributed by atoms with E-state index in [2.05, 4.69) is 4.74 Å². The molecule has 1 aromatic heterocycles. The second-order valence-corrected chi connectivity index (χ2v) is 5.02. The Morgan fingerprint density at radius 1 is 1.05 bits per heavy atom. The van der Waals surface area contributed by atoms with Gasteiger partial charge in [-0.05, 0) is 42.0 Å². The smallest absolute Gasteiger partial charge is 0.411 e. The molecule has 0 fully saturated rings. The lowest BCUT2D eigenvalue weighted by molar-refractivity contribution is -0.0882. The molecule has 0 aliphatic rings. The zero-order chi connectivity index (χ0) is 15.6. The molecule has 0 atom stereocenters. The third kappa shape index (κ3) is 3.60. The van der Waals surface area contributed by atoms with Gasteiger partial charge in [-0.15, -0.1) is 11.3 Å². The van der Waals surface area contributed by atoms with Crippen molar-refractivity contribution < 1.29 is 27.5 Å². The van der Waals surface area contributed by atoms with Gasteiger partial charge >= 0.3 is 12.3 Å². The molecule has 8 heteroatoms. The molecule has 2 aromatic rings. The zero-order valence-electron chi connectivity index (χ0n) is 10.3. The van der Waals surface area contributed by atoms with Gasteiger partial charge in [0.1, 0.15) is 5.75 Å². The zero-order valence-corrected chi connectivity index (χ0v) is 11.1. The van der Waals surface area contributed by atoms with Crippen molar-refractivity contribution in [2.75, 3.05) is 0 Å². The molecule has 4 nitrogen and oxygen atoms in total. The Morgan fingerprint density at radius 3 is 2.19 bits per heavy atom. The van der Waals surface area contributed by atoms with Gasteiger partial charge in [-0.2, -0.15) is 13.2 Å². The molecule has 0 saturated heterocycles. The van der Waals surface area contributed by atoms with Crippen LogP contribution in [0.25, 0.3) is 10.4 Å². The average molecular weight is 315 g/mol. The predicted octanol–water partition coefficient (Wildman–Crippen LogP) is 3.62. The highest BCUT2D eigenvalue weighted by Gasteiger charge is 2.40. The van der Waals surface area contributed by atoms with E-state index in [1.807, 2.05) is 0 Å². The summed E-state index contributed by atoms with van der Waals surface area (Å²) in [7, 11) is 0. The monoisotopic (exact) mass is 315 g/mol. The highest BCUT2D eigenvalue weighted by atomic mass is 32.1. The van der Waals surface area contributed by atoms with Crippen LogP contribution in [-0.2, 0) is 0 Å². The first-order chi connectivity index (χ1) is 9.77. The number of benzene rings is 1. The number of rotatable bonds is 3. The van der Waals surface area contributed by atoms with Gasteiger partial charge < -0.3 is 10.5 Å². The molecule has 2 rings (SSSR count). The maximum absolute atomic E-state index is 12.3. The Balaban J connectivity index is 2.22. The molecule has 2 N–H and O–H groups in total. The number of carbonyl (C=O) groups excluding carboxylic acids is 2. The molecule has 110 valence electrons. The van der Waals surface area contributed by atoms with Crippen LogP contribution in [-0.4, -0.2) is 18.1 Å². The Morgan fingerprint density at radius 2 is 1.67 bits per heavy atom. The van der Waals surface area contributed by atoms with Crippen LogP contribution in [0.1, 0.15) is 9.67 Å². The van der Waals surface area contributed by atoms with Crippen LogP contribution < -0.4 is 10.5 Å². The van der Waals surface area contributed by atoms with E-state index in [4.69, 9.17) is 5.73 Å². The summed E-state index contributed by atoms with van der Waals surface area (Å²) in [5, 5.41) is 0. The number of amides is 1. The number of primary amides is 1. The van der Waals surface area contributed by atoms with Gasteiger partial charge in [0.05, 0.1) is 4.88 Å². The maximum atomic E-state index is 12.3. The van der Waals surface area contributed by atoms with Crippen LogP contribution in [0.15, 0.2) is 36.4 Å². The number of alkyl halides is 3. The quantitative estimate of drug-likeness (QED) is 0.880. The molecule has 0 radical (unpaired) electrons. The topological polar surface area (TPSA) is 69.4 Å². The standard InChI is InChI=1S/C13H8F3NO3S/c14-13(15,16)11(18)10-6-5-9(21-10)7-1-3-8(4-2-7)20-12(17)19/h1-6H,(H2,17,19). The van der Waals surface area contributed by atoms with E-state index in [0.29, 0.717) is 10.4 Å². The fourth-order valence-corrected chi connectivity index (χ4v) is 2.53. The summed E-state index contributed by atoms with van der Waals surface area (Å²) in [6, 6.07) is 8.55. The van der Waals surface area contributed by atoms with Crippen LogP contribution in [0.5, 0.6) is 5.75 Å². The molecule has 0 unspecified atom stereocenters. The first-order valence-corrected chi connectivity index (χ1v) is 6.38. The Kier molecular flexibility index (Phi) is 3.99. The maximum Gasteiger partial charge on any atom is 0.455 e. The molecular formula is C13H8F3NO3S. The van der Waals surface area contributed by atoms with E-state index >= 15 is 0 Å². The van der Waals surface area contributed by atoms with Gasteiger partial charge in [0.15, 0.2) is 0 Å². The van der Waals surface area contributed by atoms with Crippen molar-refractivity contribution in [3.63, 3.8) is 0 Å². The van der Waals surface area contributed by atoms with E-state index in [1.54, 1.807) is 12.1 Å². The first kappa shape index (κ1) is 15.0. The van der Waals surface area contributed by atoms with Gasteiger partial charge in [-0.3, -0.25) is 4.79 Å². The van der Waals surface area contributed by atoms with E-state index in [1.165, 1.54) is 18.2 Å². The molecule has 1 amide bonds. The first-order valence-electron chi connectivity index (χ1n) is 5.56. The van der Waals surface area contributed by atoms with Gasteiger partial charge in [0.2, 0.25) is 0 Å². The second kappa shape index (κ2) is 5.57. The summed E-state index contributed by atoms with van der Waals surface area (Å²) in [5.74, 6) is -1.65. The number of Topliss-reactive ketones (excluding diaryl/α,β-unsaturated/α-hetero) is 1. The number of nitrogens with two attached hydrogens (primary N) is 1. The van der Waals surface area contributed by atoms with Crippen molar-refractivity contribution in [3.8, 4) is 16.2 Å². The van der Waals surface area contributed by atoms with Crippen LogP contribution in [0.2, 0.25) is 0 Å². The predicted molar refractivity (Wildman–Crippen MR) is 70.4 cm³/mol. The number of carbonyl (C=O) groups is 2. The summed E-state index contributed by atoms with van der Waals surface area (Å²) in [5.41, 5.74) is 5.44. The molecule has 0 bridgehead atoms. The molecule has 0 saturated carbocycles. The van der Waals surface area contributed by atoms with E-state index in [-0.39, 0.29) is 10.6 Å². The van der Waals surface area contributed by atoms with E-state index < -0.39 is 18.1 Å². The average Bonchev–Trinajstić information content (AvgIpc) is 2.86. The highest BCUT2D eigenvalue weighted by molar-refractivity contribution is 7.17. The Hall–Kier alpha value is -2.35. The number of ketones is 1. The fourth-order valence-electron chi connectivity index (χ4n) is 1.56. The minimum atomic E-state index is -4.89. The SMILES string of the molecule is NC(=O)Oc1ccc(-c2ccc(C(=O)C(F)(F)F)s2)cc1. The van der Waals surface area contributed by atoms with Crippen molar-refractivity contribution in [1.29, 1.82) is 0 Å². The number of thiophene rings is 1. The third-order valence-corrected chi connectivity index (χ3v) is 3.58. The van der Waals surface area contributed by atoms with E-state index in [9.17, 15) is 22.8 Å². The lowest BCUT2D eigenvalue weighted by Crippen LogP contribution is -2.21. The van der Waals surface area contributed by atoms with E-state index in [0.717, 1.165) is 17.4 Å². The van der Waals surface area contributed by atoms with Crippen molar-refractivity contribution in [3.05, 3.63) is 41.3 Å². The normalized spacial score (nSPS) is 11.2. The van der Waals surface area contributed by atoms with Gasteiger partial charge in [0, 0.05) is 4.88 Å². The summed E-state index contributed by atoms with van der Waals surface area (Å²) in [6.07, 6.45) is -5.85. The van der Waals surface area contributed by atoms with Crippen LogP contribution in [0.4, 0.5) is 18.0 Å². The fraction of sp³-hybridized carbons (Fsp3) is 0.0769. The summed E-state index contributed by atoms with van der Waals surface area (Å²) >= 11 is 0.739. The summed E-state index contributed by atoms with van der Waals surface area (Å²) in [4.78, 5) is 21.8. The van der Waals surface area contributed by atoms with Crippen LogP contribution in [0.3, 0.4) is 0 Å². The van der Waals surface area contributed by atoms with Crippen molar-refractivity contribution >= 4 is 23.2 Å². The van der Waals surface area contributed by atoms with Crippen molar-refractivity contribution in [2.45, 2.75) is 6.18 Å². The largest absolute Gasteiger partial charge is 0.455 e. The lowest BCUT2D eigenvalue weighted by atomic mass is 10.2. The number of ether oxygens (including phenoxy) is 1. The highest BCUT2D eigenvalue weighted by Crippen LogP contribution is 2.32. The molecule has 0 aliphatic heterocycles. The molecule has 0 spiro atoms. The number of hydrogen-bond acceptors (Lipinski definition) is 4. The minimum absolute atomic E-state index is 0.217. The van der Waals surface area contributed by atoms with Crippen molar-refractivity contribution in [2.24, 2.45) is 5.73 Å². The van der Waals surface area contributed by atoms with Crippen molar-refractivity contribution in [1.82, 2.24) is 0 Å². The summed E-state index contributed by atoms with van der Waals surface area (Å²) < 4.78 is 41.6. The van der Waals surface area contributed by atoms with Gasteiger partial charge in [-0.1, -0.05) is 0 Å². The minimum Gasteiger partial charge on any atom is -0.411 e. The summed E-state index contributed by atoms with van der Waals surface area (Å²) in [6.45, 7) is 0.